The maximum absolute atomic E-state index is 5.88. The van der Waals surface area contributed by atoms with Crippen LogP contribution in [0.4, 0.5) is 0 Å². The molecule has 0 saturated carbocycles. The second kappa shape index (κ2) is 3.62. The number of halogens is 1. The highest BCUT2D eigenvalue weighted by Gasteiger charge is 2.10. The highest BCUT2D eigenvalue weighted by molar-refractivity contribution is 6.29. The van der Waals surface area contributed by atoms with Crippen LogP contribution in [0.3, 0.4) is 0 Å². The van der Waals surface area contributed by atoms with Gasteiger partial charge in [0.15, 0.2) is 5.82 Å². The summed E-state index contributed by atoms with van der Waals surface area (Å²) in [6.45, 7) is 3.87. The van der Waals surface area contributed by atoms with Crippen molar-refractivity contribution in [1.29, 1.82) is 0 Å². The van der Waals surface area contributed by atoms with Crippen molar-refractivity contribution in [3.05, 3.63) is 28.8 Å². The summed E-state index contributed by atoms with van der Waals surface area (Å²) >= 11 is 5.88. The van der Waals surface area contributed by atoms with Gasteiger partial charge in [0.1, 0.15) is 5.15 Å². The first-order valence-electron chi connectivity index (χ1n) is 4.58. The SMILES string of the molecule is Cc1cc(Cl)nc(-c2cnn(C)c2C)n1. The van der Waals surface area contributed by atoms with Crippen LogP contribution in [-0.2, 0) is 7.05 Å². The summed E-state index contributed by atoms with van der Waals surface area (Å²) in [7, 11) is 1.89. The number of nitrogens with zero attached hydrogens (tertiary/aromatic N) is 4. The largest absolute Gasteiger partial charge is 0.272 e. The van der Waals surface area contributed by atoms with Crippen molar-refractivity contribution in [2.75, 3.05) is 0 Å². The van der Waals surface area contributed by atoms with Gasteiger partial charge in [-0.3, -0.25) is 4.68 Å². The molecule has 0 aliphatic rings. The Morgan fingerprint density at radius 2 is 2.00 bits per heavy atom. The molecular weight excluding hydrogens is 212 g/mol. The first-order valence-corrected chi connectivity index (χ1v) is 4.96. The Morgan fingerprint density at radius 1 is 1.27 bits per heavy atom. The molecule has 2 aromatic rings. The molecule has 0 fully saturated rings. The molecule has 2 rings (SSSR count). The molecule has 0 unspecified atom stereocenters. The van der Waals surface area contributed by atoms with Gasteiger partial charge in [-0.25, -0.2) is 9.97 Å². The normalized spacial score (nSPS) is 10.7. The summed E-state index contributed by atoms with van der Waals surface area (Å²) in [5.41, 5.74) is 2.80. The highest BCUT2D eigenvalue weighted by atomic mass is 35.5. The molecular formula is C10H11ClN4. The first-order chi connectivity index (χ1) is 7.08. The zero-order chi connectivity index (χ0) is 11.0. The molecule has 0 atom stereocenters. The fourth-order valence-electron chi connectivity index (χ4n) is 1.37. The van der Waals surface area contributed by atoms with E-state index >= 15 is 0 Å². The quantitative estimate of drug-likeness (QED) is 0.695. The van der Waals surface area contributed by atoms with E-state index in [1.54, 1.807) is 16.9 Å². The van der Waals surface area contributed by atoms with Crippen LogP contribution in [0.5, 0.6) is 0 Å². The van der Waals surface area contributed by atoms with Gasteiger partial charge in [-0.2, -0.15) is 5.10 Å². The monoisotopic (exact) mass is 222 g/mol. The molecule has 0 saturated heterocycles. The molecule has 78 valence electrons. The van der Waals surface area contributed by atoms with Gasteiger partial charge in [0, 0.05) is 18.4 Å². The van der Waals surface area contributed by atoms with Gasteiger partial charge in [0.2, 0.25) is 0 Å². The third-order valence-electron chi connectivity index (χ3n) is 2.30. The number of rotatable bonds is 1. The molecule has 0 aromatic carbocycles. The van der Waals surface area contributed by atoms with E-state index in [0.29, 0.717) is 11.0 Å². The minimum atomic E-state index is 0.459. The third-order valence-corrected chi connectivity index (χ3v) is 2.49. The first kappa shape index (κ1) is 10.1. The second-order valence-electron chi connectivity index (χ2n) is 3.42. The zero-order valence-corrected chi connectivity index (χ0v) is 9.58. The van der Waals surface area contributed by atoms with Crippen molar-refractivity contribution >= 4 is 11.6 Å². The zero-order valence-electron chi connectivity index (χ0n) is 8.82. The molecule has 0 N–H and O–H groups in total. The maximum atomic E-state index is 5.88. The molecule has 0 amide bonds. The van der Waals surface area contributed by atoms with E-state index in [9.17, 15) is 0 Å². The van der Waals surface area contributed by atoms with Gasteiger partial charge >= 0.3 is 0 Å². The minimum Gasteiger partial charge on any atom is -0.272 e. The fraction of sp³-hybridized carbons (Fsp3) is 0.300. The van der Waals surface area contributed by atoms with Gasteiger partial charge in [-0.05, 0) is 19.9 Å². The molecule has 0 spiro atoms. The Hall–Kier alpha value is -1.42. The predicted molar refractivity (Wildman–Crippen MR) is 58.7 cm³/mol. The van der Waals surface area contributed by atoms with Gasteiger partial charge in [-0.15, -0.1) is 0 Å². The van der Waals surface area contributed by atoms with E-state index < -0.39 is 0 Å². The molecule has 2 heterocycles. The van der Waals surface area contributed by atoms with Crippen LogP contribution in [0, 0.1) is 13.8 Å². The van der Waals surface area contributed by atoms with Crippen molar-refractivity contribution in [3.8, 4) is 11.4 Å². The molecule has 15 heavy (non-hydrogen) atoms. The van der Waals surface area contributed by atoms with E-state index in [4.69, 9.17) is 11.6 Å². The fourth-order valence-corrected chi connectivity index (χ4v) is 1.61. The predicted octanol–water partition coefficient (Wildman–Crippen LogP) is 2.15. The van der Waals surface area contributed by atoms with Crippen LogP contribution in [0.15, 0.2) is 12.3 Å². The van der Waals surface area contributed by atoms with Crippen molar-refractivity contribution in [2.45, 2.75) is 13.8 Å². The van der Waals surface area contributed by atoms with Crippen LogP contribution in [-0.4, -0.2) is 19.7 Å². The van der Waals surface area contributed by atoms with Gasteiger partial charge in [0.25, 0.3) is 0 Å². The average molecular weight is 223 g/mol. The summed E-state index contributed by atoms with van der Waals surface area (Å²) < 4.78 is 1.79. The van der Waals surface area contributed by atoms with Crippen molar-refractivity contribution in [1.82, 2.24) is 19.7 Å². The summed E-state index contributed by atoms with van der Waals surface area (Å²) in [6, 6.07) is 1.73. The Morgan fingerprint density at radius 3 is 2.53 bits per heavy atom. The van der Waals surface area contributed by atoms with Gasteiger partial charge in [0.05, 0.1) is 11.8 Å². The number of aromatic nitrogens is 4. The molecule has 0 radical (unpaired) electrons. The van der Waals surface area contributed by atoms with Gasteiger partial charge < -0.3 is 0 Å². The standard InChI is InChI=1S/C10H11ClN4/c1-6-4-9(11)14-10(13-6)8-5-12-15(3)7(8)2/h4-5H,1-3H3. The average Bonchev–Trinajstić information content (AvgIpc) is 2.46. The lowest BCUT2D eigenvalue weighted by molar-refractivity contribution is 0.740. The Balaban J connectivity index is 2.58. The minimum absolute atomic E-state index is 0.459. The van der Waals surface area contributed by atoms with E-state index in [1.807, 2.05) is 20.9 Å². The topological polar surface area (TPSA) is 43.6 Å². The van der Waals surface area contributed by atoms with E-state index in [0.717, 1.165) is 17.0 Å². The Kier molecular flexibility index (Phi) is 2.44. The summed E-state index contributed by atoms with van der Waals surface area (Å²) in [5, 5.41) is 4.60. The summed E-state index contributed by atoms with van der Waals surface area (Å²) in [6.07, 6.45) is 1.75. The van der Waals surface area contributed by atoms with Crippen LogP contribution in [0.25, 0.3) is 11.4 Å². The Labute approximate surface area is 92.9 Å². The lowest BCUT2D eigenvalue weighted by Gasteiger charge is -2.01. The van der Waals surface area contributed by atoms with Crippen LogP contribution >= 0.6 is 11.6 Å². The van der Waals surface area contributed by atoms with Crippen LogP contribution in [0.1, 0.15) is 11.4 Å². The number of hydrogen-bond donors (Lipinski definition) is 0. The number of hydrogen-bond acceptors (Lipinski definition) is 3. The molecule has 5 heteroatoms. The van der Waals surface area contributed by atoms with Crippen LogP contribution < -0.4 is 0 Å². The van der Waals surface area contributed by atoms with Crippen molar-refractivity contribution in [2.24, 2.45) is 7.05 Å². The van der Waals surface area contributed by atoms with E-state index in [1.165, 1.54) is 0 Å². The smallest absolute Gasteiger partial charge is 0.164 e. The van der Waals surface area contributed by atoms with Crippen molar-refractivity contribution in [3.63, 3.8) is 0 Å². The summed E-state index contributed by atoms with van der Waals surface area (Å²) in [4.78, 5) is 8.51. The molecule has 0 aliphatic carbocycles. The van der Waals surface area contributed by atoms with Gasteiger partial charge in [-0.1, -0.05) is 11.6 Å². The van der Waals surface area contributed by atoms with E-state index in [-0.39, 0.29) is 0 Å². The maximum Gasteiger partial charge on any atom is 0.164 e. The van der Waals surface area contributed by atoms with Crippen molar-refractivity contribution < 1.29 is 0 Å². The highest BCUT2D eigenvalue weighted by Crippen LogP contribution is 2.20. The lowest BCUT2D eigenvalue weighted by Crippen LogP contribution is -1.95. The van der Waals surface area contributed by atoms with E-state index in [2.05, 4.69) is 15.1 Å². The molecule has 4 nitrogen and oxygen atoms in total. The third kappa shape index (κ3) is 1.85. The lowest BCUT2D eigenvalue weighted by atomic mass is 10.2. The van der Waals surface area contributed by atoms with Crippen LogP contribution in [0.2, 0.25) is 5.15 Å². The molecule has 0 aliphatic heterocycles. The molecule has 2 aromatic heterocycles. The number of aryl methyl sites for hydroxylation is 2. The Bertz CT molecular complexity index is 484. The second-order valence-corrected chi connectivity index (χ2v) is 3.81. The molecule has 0 bridgehead atoms. The summed E-state index contributed by atoms with van der Waals surface area (Å²) in [5.74, 6) is 0.630.